The molecule has 2 aromatic heterocycles. The standard InChI is InChI=1S/C17H17N5O3/c1-11(23)15-10-22(20-18-15)13-8-21(9-13)17(24)14-7-16(25-19-14)12-5-3-2-4-6-12/h2-7,10-11,13,23H,8-9H2,1H3. The first-order chi connectivity index (χ1) is 12.1. The Labute approximate surface area is 143 Å². The minimum atomic E-state index is -0.655. The Hall–Kier alpha value is -3.00. The Kier molecular flexibility index (Phi) is 3.81. The van der Waals surface area contributed by atoms with Gasteiger partial charge in [-0.3, -0.25) is 4.79 Å². The molecule has 1 amide bonds. The van der Waals surface area contributed by atoms with Gasteiger partial charge >= 0.3 is 0 Å². The first-order valence-corrected chi connectivity index (χ1v) is 8.03. The van der Waals surface area contributed by atoms with E-state index in [-0.39, 0.29) is 11.9 Å². The molecular formula is C17H17N5O3. The van der Waals surface area contributed by atoms with Gasteiger partial charge in [-0.05, 0) is 6.92 Å². The van der Waals surface area contributed by atoms with E-state index in [9.17, 15) is 9.90 Å². The second-order valence-electron chi connectivity index (χ2n) is 6.11. The lowest BCUT2D eigenvalue weighted by Gasteiger charge is -2.38. The van der Waals surface area contributed by atoms with E-state index < -0.39 is 6.10 Å². The third-order valence-electron chi connectivity index (χ3n) is 4.27. The average Bonchev–Trinajstić information content (AvgIpc) is 3.24. The van der Waals surface area contributed by atoms with Gasteiger partial charge in [0, 0.05) is 24.7 Å². The summed E-state index contributed by atoms with van der Waals surface area (Å²) in [4.78, 5) is 14.2. The molecule has 3 aromatic rings. The number of hydrogen-bond acceptors (Lipinski definition) is 6. The van der Waals surface area contributed by atoms with E-state index in [1.807, 2.05) is 30.3 Å². The van der Waals surface area contributed by atoms with Crippen LogP contribution in [0.3, 0.4) is 0 Å². The Bertz CT molecular complexity index is 881. The molecule has 0 saturated carbocycles. The van der Waals surface area contributed by atoms with E-state index in [4.69, 9.17) is 4.52 Å². The van der Waals surface area contributed by atoms with Gasteiger partial charge in [-0.2, -0.15) is 0 Å². The highest BCUT2D eigenvalue weighted by Crippen LogP contribution is 2.25. The lowest BCUT2D eigenvalue weighted by molar-refractivity contribution is 0.0488. The van der Waals surface area contributed by atoms with Crippen LogP contribution in [0.4, 0.5) is 0 Å². The van der Waals surface area contributed by atoms with Crippen molar-refractivity contribution in [3.63, 3.8) is 0 Å². The fourth-order valence-electron chi connectivity index (χ4n) is 2.73. The number of aliphatic hydroxyl groups is 1. The van der Waals surface area contributed by atoms with Crippen LogP contribution in [-0.4, -0.2) is 49.2 Å². The van der Waals surface area contributed by atoms with Crippen molar-refractivity contribution < 1.29 is 14.4 Å². The van der Waals surface area contributed by atoms with Crippen LogP contribution in [0.5, 0.6) is 0 Å². The smallest absolute Gasteiger partial charge is 0.276 e. The van der Waals surface area contributed by atoms with Gasteiger partial charge in [0.15, 0.2) is 11.5 Å². The van der Waals surface area contributed by atoms with Crippen molar-refractivity contribution in [2.75, 3.05) is 13.1 Å². The Balaban J connectivity index is 1.41. The topological polar surface area (TPSA) is 97.3 Å². The molecule has 1 aliphatic heterocycles. The maximum Gasteiger partial charge on any atom is 0.276 e. The average molecular weight is 339 g/mol. The van der Waals surface area contributed by atoms with Crippen LogP contribution in [0.1, 0.15) is 35.3 Å². The van der Waals surface area contributed by atoms with Gasteiger partial charge in [-0.1, -0.05) is 40.7 Å². The van der Waals surface area contributed by atoms with Crippen LogP contribution in [0.25, 0.3) is 11.3 Å². The number of likely N-dealkylation sites (tertiary alicyclic amines) is 1. The summed E-state index contributed by atoms with van der Waals surface area (Å²) in [6, 6.07) is 11.2. The molecule has 128 valence electrons. The lowest BCUT2D eigenvalue weighted by Crippen LogP contribution is -2.51. The van der Waals surface area contributed by atoms with Crippen LogP contribution in [-0.2, 0) is 0 Å². The number of carbonyl (C=O) groups is 1. The Morgan fingerprint density at radius 2 is 2.08 bits per heavy atom. The summed E-state index contributed by atoms with van der Waals surface area (Å²) in [5.74, 6) is 0.400. The van der Waals surface area contributed by atoms with Crippen LogP contribution in [0.2, 0.25) is 0 Å². The van der Waals surface area contributed by atoms with Crippen molar-refractivity contribution in [2.24, 2.45) is 0 Å². The molecule has 0 bridgehead atoms. The Morgan fingerprint density at radius 1 is 1.32 bits per heavy atom. The number of nitrogens with zero attached hydrogens (tertiary/aromatic N) is 5. The molecule has 1 aliphatic rings. The van der Waals surface area contributed by atoms with E-state index in [0.717, 1.165) is 5.56 Å². The third-order valence-corrected chi connectivity index (χ3v) is 4.27. The van der Waals surface area contributed by atoms with Crippen molar-refractivity contribution in [3.8, 4) is 11.3 Å². The van der Waals surface area contributed by atoms with Crippen LogP contribution in [0.15, 0.2) is 47.1 Å². The fraction of sp³-hybridized carbons (Fsp3) is 0.294. The second-order valence-corrected chi connectivity index (χ2v) is 6.11. The summed E-state index contributed by atoms with van der Waals surface area (Å²) in [6.07, 6.45) is 1.05. The predicted octanol–water partition coefficient (Wildman–Crippen LogP) is 1.68. The monoisotopic (exact) mass is 339 g/mol. The molecular weight excluding hydrogens is 322 g/mol. The molecule has 1 unspecified atom stereocenters. The molecule has 1 aromatic carbocycles. The van der Waals surface area contributed by atoms with Gasteiger partial charge in [0.05, 0.1) is 18.3 Å². The number of amides is 1. The van der Waals surface area contributed by atoms with Gasteiger partial charge in [0.2, 0.25) is 0 Å². The maximum absolute atomic E-state index is 12.5. The quantitative estimate of drug-likeness (QED) is 0.777. The van der Waals surface area contributed by atoms with Crippen LogP contribution >= 0.6 is 0 Å². The van der Waals surface area contributed by atoms with Gasteiger partial charge in [0.1, 0.15) is 5.69 Å². The zero-order valence-electron chi connectivity index (χ0n) is 13.6. The molecule has 1 fully saturated rings. The van der Waals surface area contributed by atoms with Gasteiger partial charge in [-0.25, -0.2) is 4.68 Å². The number of aliphatic hydroxyl groups excluding tert-OH is 1. The first kappa shape index (κ1) is 15.5. The number of hydrogen-bond donors (Lipinski definition) is 1. The van der Waals surface area contributed by atoms with Crippen molar-refractivity contribution in [3.05, 3.63) is 54.0 Å². The normalized spacial score (nSPS) is 15.8. The largest absolute Gasteiger partial charge is 0.387 e. The lowest BCUT2D eigenvalue weighted by atomic mass is 10.1. The van der Waals surface area contributed by atoms with E-state index in [1.165, 1.54) is 0 Å². The summed E-state index contributed by atoms with van der Waals surface area (Å²) in [7, 11) is 0. The van der Waals surface area contributed by atoms with Crippen molar-refractivity contribution in [1.82, 2.24) is 25.1 Å². The Morgan fingerprint density at radius 3 is 2.76 bits per heavy atom. The summed E-state index contributed by atoms with van der Waals surface area (Å²) < 4.78 is 6.96. The minimum Gasteiger partial charge on any atom is -0.387 e. The van der Waals surface area contributed by atoms with Crippen molar-refractivity contribution in [1.29, 1.82) is 0 Å². The summed E-state index contributed by atoms with van der Waals surface area (Å²) in [5, 5.41) is 21.3. The van der Waals surface area contributed by atoms with Gasteiger partial charge in [-0.15, -0.1) is 5.10 Å². The highest BCUT2D eigenvalue weighted by molar-refractivity contribution is 5.93. The van der Waals surface area contributed by atoms with Gasteiger partial charge < -0.3 is 14.5 Å². The molecule has 0 radical (unpaired) electrons. The fourth-order valence-corrected chi connectivity index (χ4v) is 2.73. The minimum absolute atomic E-state index is 0.0597. The maximum atomic E-state index is 12.5. The highest BCUT2D eigenvalue weighted by Gasteiger charge is 2.34. The number of rotatable bonds is 4. The van der Waals surface area contributed by atoms with Gasteiger partial charge in [0.25, 0.3) is 5.91 Å². The molecule has 3 heterocycles. The van der Waals surface area contributed by atoms with E-state index >= 15 is 0 Å². The third kappa shape index (κ3) is 2.91. The van der Waals surface area contributed by atoms with Crippen LogP contribution in [0, 0.1) is 0 Å². The highest BCUT2D eigenvalue weighted by atomic mass is 16.5. The number of carbonyl (C=O) groups excluding carboxylic acids is 1. The van der Waals surface area contributed by atoms with E-state index in [0.29, 0.717) is 30.2 Å². The number of aromatic nitrogens is 4. The molecule has 0 spiro atoms. The van der Waals surface area contributed by atoms with Crippen molar-refractivity contribution in [2.45, 2.75) is 19.1 Å². The van der Waals surface area contributed by atoms with E-state index in [2.05, 4.69) is 15.5 Å². The molecule has 8 nitrogen and oxygen atoms in total. The summed E-state index contributed by atoms with van der Waals surface area (Å²) in [5.41, 5.74) is 1.69. The molecule has 1 N–H and O–H groups in total. The van der Waals surface area contributed by atoms with Crippen LogP contribution < -0.4 is 0 Å². The SMILES string of the molecule is CC(O)c1cn(C2CN(C(=O)c3cc(-c4ccccc4)on3)C2)nn1. The van der Waals surface area contributed by atoms with E-state index in [1.54, 1.807) is 28.8 Å². The summed E-state index contributed by atoms with van der Waals surface area (Å²) in [6.45, 7) is 2.68. The molecule has 4 rings (SSSR count). The molecule has 1 saturated heterocycles. The molecule has 8 heteroatoms. The zero-order chi connectivity index (χ0) is 17.4. The number of benzene rings is 1. The summed E-state index contributed by atoms with van der Waals surface area (Å²) >= 11 is 0. The molecule has 25 heavy (non-hydrogen) atoms. The van der Waals surface area contributed by atoms with Crippen molar-refractivity contribution >= 4 is 5.91 Å². The second kappa shape index (κ2) is 6.14. The predicted molar refractivity (Wildman–Crippen MR) is 87.5 cm³/mol. The molecule has 1 atom stereocenters. The first-order valence-electron chi connectivity index (χ1n) is 8.03. The molecule has 0 aliphatic carbocycles. The zero-order valence-corrected chi connectivity index (χ0v) is 13.6.